The molecule has 0 radical (unpaired) electrons. The van der Waals surface area contributed by atoms with Crippen molar-refractivity contribution in [3.05, 3.63) is 113 Å². The number of urea groups is 1. The van der Waals surface area contributed by atoms with Gasteiger partial charge in [0.05, 0.1) is 11.4 Å². The van der Waals surface area contributed by atoms with Crippen molar-refractivity contribution >= 4 is 23.4 Å². The summed E-state index contributed by atoms with van der Waals surface area (Å²) in [6, 6.07) is 23.7. The van der Waals surface area contributed by atoms with Gasteiger partial charge in [-0.1, -0.05) is 48.5 Å². The molecule has 4 aromatic rings. The van der Waals surface area contributed by atoms with Crippen molar-refractivity contribution in [3.8, 4) is 11.1 Å². The number of amides is 3. The zero-order chi connectivity index (χ0) is 27.0. The number of carbonyl (C=O) groups is 2. The van der Waals surface area contributed by atoms with Crippen LogP contribution in [0, 0.1) is 6.92 Å². The van der Waals surface area contributed by atoms with Crippen molar-refractivity contribution < 1.29 is 9.59 Å². The van der Waals surface area contributed by atoms with E-state index in [0.717, 1.165) is 22.4 Å². The molecule has 1 spiro atoms. The normalized spacial score (nSPS) is 17.3. The number of rotatable bonds is 5. The second kappa shape index (κ2) is 9.96. The highest BCUT2D eigenvalue weighted by Gasteiger charge is 2.59. The molecule has 196 valence electrons. The molecule has 4 heterocycles. The van der Waals surface area contributed by atoms with Gasteiger partial charge in [-0.05, 0) is 54.7 Å². The number of anilines is 2. The summed E-state index contributed by atoms with van der Waals surface area (Å²) in [5, 5.41) is 0. The Morgan fingerprint density at radius 2 is 1.59 bits per heavy atom. The fourth-order valence-electron chi connectivity index (χ4n) is 5.65. The fourth-order valence-corrected chi connectivity index (χ4v) is 5.65. The average Bonchev–Trinajstić information content (AvgIpc) is 3.17. The number of aromatic nitrogens is 2. The van der Waals surface area contributed by atoms with Gasteiger partial charge in [0, 0.05) is 44.2 Å². The maximum atomic E-state index is 14.2. The van der Waals surface area contributed by atoms with Crippen LogP contribution in [0.1, 0.15) is 24.1 Å². The van der Waals surface area contributed by atoms with E-state index < -0.39 is 11.6 Å². The highest BCUT2D eigenvalue weighted by Crippen LogP contribution is 2.42. The zero-order valence-electron chi connectivity index (χ0n) is 21.7. The largest absolute Gasteiger partial charge is 0.348 e. The van der Waals surface area contributed by atoms with E-state index in [0.29, 0.717) is 44.0 Å². The van der Waals surface area contributed by atoms with Gasteiger partial charge in [0.25, 0.3) is 5.91 Å². The van der Waals surface area contributed by atoms with Gasteiger partial charge in [-0.3, -0.25) is 24.4 Å². The van der Waals surface area contributed by atoms with E-state index in [1.807, 2.05) is 73.7 Å². The summed E-state index contributed by atoms with van der Waals surface area (Å²) in [7, 11) is 0. The Labute approximate surface area is 226 Å². The molecular weight excluding hydrogens is 490 g/mol. The van der Waals surface area contributed by atoms with Gasteiger partial charge in [-0.15, -0.1) is 0 Å². The number of nitrogens with one attached hydrogen (secondary N) is 1. The van der Waals surface area contributed by atoms with Crippen molar-refractivity contribution in [1.29, 1.82) is 0 Å². The van der Waals surface area contributed by atoms with Gasteiger partial charge in [0.1, 0.15) is 11.4 Å². The van der Waals surface area contributed by atoms with Crippen molar-refractivity contribution in [2.45, 2.75) is 31.8 Å². The summed E-state index contributed by atoms with van der Waals surface area (Å²) in [4.78, 5) is 53.0. The SMILES string of the molecule is Cc1cccnc1CN1CCC2(CC1)C(=O)N(c1ccc(-c3ccccc3)cc1)C(=O)N2c1cc(=O)cc[nH]1. The predicted octanol–water partition coefficient (Wildman–Crippen LogP) is 4.75. The Bertz CT molecular complexity index is 1570. The van der Waals surface area contributed by atoms with Gasteiger partial charge in [0.2, 0.25) is 0 Å². The number of pyridine rings is 2. The number of hydrogen-bond donors (Lipinski definition) is 1. The minimum Gasteiger partial charge on any atom is -0.348 e. The molecule has 8 heteroatoms. The summed E-state index contributed by atoms with van der Waals surface area (Å²) in [5.74, 6) is 0.0663. The van der Waals surface area contributed by atoms with Crippen LogP contribution in [-0.2, 0) is 11.3 Å². The van der Waals surface area contributed by atoms with Crippen molar-refractivity contribution in [1.82, 2.24) is 14.9 Å². The second-order valence-electron chi connectivity index (χ2n) is 10.2. The number of hydrogen-bond acceptors (Lipinski definition) is 5. The minimum atomic E-state index is -1.09. The van der Waals surface area contributed by atoms with Crippen molar-refractivity contribution in [3.63, 3.8) is 0 Å². The summed E-state index contributed by atoms with van der Waals surface area (Å²) < 4.78 is 0. The van der Waals surface area contributed by atoms with E-state index in [-0.39, 0.29) is 11.3 Å². The Morgan fingerprint density at radius 3 is 2.28 bits per heavy atom. The van der Waals surface area contributed by atoms with Gasteiger partial charge < -0.3 is 4.98 Å². The Hall–Kier alpha value is -4.56. The number of nitrogens with zero attached hydrogens (tertiary/aromatic N) is 4. The monoisotopic (exact) mass is 519 g/mol. The fraction of sp³-hybridized carbons (Fsp3) is 0.226. The quantitative estimate of drug-likeness (QED) is 0.384. The number of H-pyrrole nitrogens is 1. The van der Waals surface area contributed by atoms with E-state index >= 15 is 0 Å². The predicted molar refractivity (Wildman–Crippen MR) is 151 cm³/mol. The number of piperidine rings is 1. The Kier molecular flexibility index (Phi) is 6.32. The van der Waals surface area contributed by atoms with E-state index in [1.54, 1.807) is 6.20 Å². The first-order valence-corrected chi connectivity index (χ1v) is 13.1. The molecule has 8 nitrogen and oxygen atoms in total. The molecule has 6 rings (SSSR count). The molecule has 2 fully saturated rings. The molecule has 2 saturated heterocycles. The molecule has 0 aliphatic carbocycles. The van der Waals surface area contributed by atoms with Crippen LogP contribution in [0.5, 0.6) is 0 Å². The number of aryl methyl sites for hydroxylation is 1. The first-order chi connectivity index (χ1) is 19.0. The molecule has 2 aromatic heterocycles. The van der Waals surface area contributed by atoms with Gasteiger partial charge in [-0.25, -0.2) is 9.69 Å². The first-order valence-electron chi connectivity index (χ1n) is 13.1. The smallest absolute Gasteiger partial charge is 0.338 e. The highest BCUT2D eigenvalue weighted by atomic mass is 16.2. The number of carbonyl (C=O) groups excluding carboxylic acids is 2. The van der Waals surface area contributed by atoms with Gasteiger partial charge >= 0.3 is 6.03 Å². The summed E-state index contributed by atoms with van der Waals surface area (Å²) in [5.41, 5.74) is 3.37. The van der Waals surface area contributed by atoms with Crippen LogP contribution in [0.4, 0.5) is 16.3 Å². The third kappa shape index (κ3) is 4.42. The molecular formula is C31H29N5O3. The van der Waals surface area contributed by atoms with Crippen LogP contribution < -0.4 is 15.2 Å². The summed E-state index contributed by atoms with van der Waals surface area (Å²) in [6.45, 7) is 3.95. The number of imide groups is 1. The molecule has 0 unspecified atom stereocenters. The molecule has 3 amide bonds. The topological polar surface area (TPSA) is 89.6 Å². The summed E-state index contributed by atoms with van der Waals surface area (Å²) >= 11 is 0. The lowest BCUT2D eigenvalue weighted by Gasteiger charge is -2.41. The maximum absolute atomic E-state index is 14.2. The number of benzene rings is 2. The van der Waals surface area contributed by atoms with Crippen molar-refractivity contribution in [2.75, 3.05) is 22.9 Å². The summed E-state index contributed by atoms with van der Waals surface area (Å²) in [6.07, 6.45) is 4.19. The van der Waals surface area contributed by atoms with Crippen LogP contribution in [0.25, 0.3) is 11.1 Å². The van der Waals surface area contributed by atoms with E-state index in [1.165, 1.54) is 28.1 Å². The Morgan fingerprint density at radius 1 is 0.872 bits per heavy atom. The molecule has 2 aromatic carbocycles. The molecule has 1 N–H and O–H groups in total. The molecule has 0 atom stereocenters. The van der Waals surface area contributed by atoms with Crippen LogP contribution in [-0.4, -0.2) is 45.4 Å². The Balaban J connectivity index is 1.32. The molecule has 0 saturated carbocycles. The average molecular weight is 520 g/mol. The number of likely N-dealkylation sites (tertiary alicyclic amines) is 1. The molecule has 0 bridgehead atoms. The molecule has 2 aliphatic rings. The lowest BCUT2D eigenvalue weighted by Crippen LogP contribution is -2.57. The standard InChI is InChI=1S/C31H29N5O3/c1-22-6-5-16-32-27(22)21-34-18-14-31(15-19-34)29(38)35(30(39)36(31)28-20-26(37)13-17-33-28)25-11-9-24(10-12-25)23-7-3-2-4-8-23/h2-13,16-17,20H,14-15,18-19,21H2,1H3,(H,33,37). The first kappa shape index (κ1) is 24.8. The molecule has 2 aliphatic heterocycles. The lowest BCUT2D eigenvalue weighted by atomic mass is 9.85. The van der Waals surface area contributed by atoms with Crippen LogP contribution >= 0.6 is 0 Å². The van der Waals surface area contributed by atoms with E-state index in [4.69, 9.17) is 0 Å². The number of aromatic amines is 1. The third-order valence-electron chi connectivity index (χ3n) is 7.82. The van der Waals surface area contributed by atoms with E-state index in [2.05, 4.69) is 14.9 Å². The van der Waals surface area contributed by atoms with Crippen LogP contribution in [0.3, 0.4) is 0 Å². The second-order valence-corrected chi connectivity index (χ2v) is 10.2. The molecule has 39 heavy (non-hydrogen) atoms. The maximum Gasteiger partial charge on any atom is 0.338 e. The van der Waals surface area contributed by atoms with Gasteiger partial charge in [-0.2, -0.15) is 0 Å². The minimum absolute atomic E-state index is 0.229. The van der Waals surface area contributed by atoms with Crippen LogP contribution in [0.2, 0.25) is 0 Å². The van der Waals surface area contributed by atoms with E-state index in [9.17, 15) is 14.4 Å². The van der Waals surface area contributed by atoms with Crippen molar-refractivity contribution in [2.24, 2.45) is 0 Å². The van der Waals surface area contributed by atoms with Gasteiger partial charge in [0.15, 0.2) is 5.43 Å². The lowest BCUT2D eigenvalue weighted by molar-refractivity contribution is -0.123. The zero-order valence-corrected chi connectivity index (χ0v) is 21.7. The van der Waals surface area contributed by atoms with Crippen LogP contribution in [0.15, 0.2) is 96.1 Å². The third-order valence-corrected chi connectivity index (χ3v) is 7.82. The highest BCUT2D eigenvalue weighted by molar-refractivity contribution is 6.30.